The Morgan fingerprint density at radius 3 is 2.67 bits per heavy atom. The van der Waals surface area contributed by atoms with E-state index < -0.39 is 0 Å². The third-order valence-corrected chi connectivity index (χ3v) is 2.73. The van der Waals surface area contributed by atoms with E-state index in [0.717, 1.165) is 0 Å². The lowest BCUT2D eigenvalue weighted by molar-refractivity contribution is 1.08. The third kappa shape index (κ3) is 1.81. The van der Waals surface area contributed by atoms with Crippen molar-refractivity contribution >= 4 is 0 Å². The molecule has 0 aliphatic heterocycles. The molecule has 0 amide bonds. The van der Waals surface area contributed by atoms with Gasteiger partial charge in [-0.15, -0.1) is 0 Å². The zero-order chi connectivity index (χ0) is 10.8. The lowest BCUT2D eigenvalue weighted by Gasteiger charge is -2.07. The summed E-state index contributed by atoms with van der Waals surface area (Å²) in [4.78, 5) is 3.11. The summed E-state index contributed by atoms with van der Waals surface area (Å²) in [6, 6.07) is 6.49. The van der Waals surface area contributed by atoms with Gasteiger partial charge < -0.3 is 10.7 Å². The van der Waals surface area contributed by atoms with E-state index in [2.05, 4.69) is 37.0 Å². The van der Waals surface area contributed by atoms with Gasteiger partial charge in [0.05, 0.1) is 0 Å². The molecular weight excluding hydrogens is 184 g/mol. The van der Waals surface area contributed by atoms with Gasteiger partial charge in [-0.3, -0.25) is 0 Å². The van der Waals surface area contributed by atoms with Crippen LogP contribution >= 0.6 is 0 Å². The van der Waals surface area contributed by atoms with Gasteiger partial charge in [-0.2, -0.15) is 0 Å². The predicted molar refractivity (Wildman–Crippen MR) is 63.6 cm³/mol. The van der Waals surface area contributed by atoms with Crippen molar-refractivity contribution in [3.8, 4) is 11.1 Å². The van der Waals surface area contributed by atoms with Crippen LogP contribution in [0.3, 0.4) is 0 Å². The quantitative estimate of drug-likeness (QED) is 0.769. The number of nitrogens with two attached hydrogens (primary N) is 1. The fourth-order valence-electron chi connectivity index (χ4n) is 1.84. The predicted octanol–water partition coefficient (Wildman–Crippen LogP) is 2.76. The highest BCUT2D eigenvalue weighted by Crippen LogP contribution is 2.27. The second-order valence-corrected chi connectivity index (χ2v) is 3.92. The first kappa shape index (κ1) is 9.99. The Morgan fingerprint density at radius 1 is 1.13 bits per heavy atom. The molecule has 0 aliphatic carbocycles. The smallest absolute Gasteiger partial charge is 0.0199 e. The summed E-state index contributed by atoms with van der Waals surface area (Å²) in [7, 11) is 0. The normalized spacial score (nSPS) is 10.6. The molecule has 0 spiro atoms. The summed E-state index contributed by atoms with van der Waals surface area (Å²) >= 11 is 0. The number of benzene rings is 1. The molecule has 78 valence electrons. The number of H-pyrrole nitrogens is 1. The number of nitrogens with one attached hydrogen (secondary N) is 1. The molecule has 0 bridgehead atoms. The van der Waals surface area contributed by atoms with Crippen LogP contribution in [0.15, 0.2) is 30.6 Å². The summed E-state index contributed by atoms with van der Waals surface area (Å²) in [6.07, 6.45) is 3.99. The highest BCUT2D eigenvalue weighted by Gasteiger charge is 2.07. The van der Waals surface area contributed by atoms with E-state index in [1.165, 1.54) is 27.8 Å². The average Bonchev–Trinajstić information content (AvgIpc) is 2.69. The van der Waals surface area contributed by atoms with Gasteiger partial charge in [0, 0.05) is 24.5 Å². The Labute approximate surface area is 90.1 Å². The zero-order valence-corrected chi connectivity index (χ0v) is 9.17. The molecule has 0 atom stereocenters. The van der Waals surface area contributed by atoms with Crippen LogP contribution in [-0.2, 0) is 6.54 Å². The first-order chi connectivity index (χ1) is 7.22. The van der Waals surface area contributed by atoms with E-state index in [1.54, 1.807) is 0 Å². The molecule has 1 aromatic carbocycles. The monoisotopic (exact) mass is 200 g/mol. The molecule has 1 heterocycles. The van der Waals surface area contributed by atoms with E-state index >= 15 is 0 Å². The average molecular weight is 200 g/mol. The van der Waals surface area contributed by atoms with Crippen LogP contribution in [0.4, 0.5) is 0 Å². The second kappa shape index (κ2) is 3.91. The molecule has 2 aromatic rings. The van der Waals surface area contributed by atoms with Crippen LogP contribution in [0.5, 0.6) is 0 Å². The maximum Gasteiger partial charge on any atom is 0.0199 e. The summed E-state index contributed by atoms with van der Waals surface area (Å²) in [5.74, 6) is 0. The van der Waals surface area contributed by atoms with Crippen molar-refractivity contribution < 1.29 is 0 Å². The van der Waals surface area contributed by atoms with Gasteiger partial charge in [0.1, 0.15) is 0 Å². The number of aromatic nitrogens is 1. The zero-order valence-electron chi connectivity index (χ0n) is 9.17. The maximum absolute atomic E-state index is 5.70. The van der Waals surface area contributed by atoms with E-state index in [9.17, 15) is 0 Å². The van der Waals surface area contributed by atoms with Crippen LogP contribution < -0.4 is 5.73 Å². The highest BCUT2D eigenvalue weighted by molar-refractivity contribution is 5.70. The second-order valence-electron chi connectivity index (χ2n) is 3.92. The van der Waals surface area contributed by atoms with Gasteiger partial charge in [0.2, 0.25) is 0 Å². The van der Waals surface area contributed by atoms with Crippen molar-refractivity contribution in [2.75, 3.05) is 0 Å². The fraction of sp³-hybridized carbons (Fsp3) is 0.231. The van der Waals surface area contributed by atoms with Crippen molar-refractivity contribution in [2.24, 2.45) is 5.73 Å². The van der Waals surface area contributed by atoms with E-state index in [4.69, 9.17) is 5.73 Å². The van der Waals surface area contributed by atoms with Crippen molar-refractivity contribution in [3.63, 3.8) is 0 Å². The Balaban J connectivity index is 2.58. The Hall–Kier alpha value is -1.54. The van der Waals surface area contributed by atoms with Gasteiger partial charge >= 0.3 is 0 Å². The van der Waals surface area contributed by atoms with Crippen molar-refractivity contribution in [1.82, 2.24) is 4.98 Å². The van der Waals surface area contributed by atoms with E-state index in [-0.39, 0.29) is 0 Å². The molecule has 2 heteroatoms. The molecule has 1 aromatic heterocycles. The van der Waals surface area contributed by atoms with Crippen LogP contribution in [0.1, 0.15) is 16.7 Å². The lowest BCUT2D eigenvalue weighted by Crippen LogP contribution is -1.96. The minimum atomic E-state index is 0.576. The van der Waals surface area contributed by atoms with Crippen LogP contribution in [0.25, 0.3) is 11.1 Å². The first-order valence-corrected chi connectivity index (χ1v) is 5.15. The summed E-state index contributed by atoms with van der Waals surface area (Å²) < 4.78 is 0. The summed E-state index contributed by atoms with van der Waals surface area (Å²) in [5, 5.41) is 0. The standard InChI is InChI=1S/C13H16N2/c1-9-3-4-10(2)12(5-9)13-8-15-7-11(13)6-14/h3-5,7-8,15H,6,14H2,1-2H3. The number of aromatic amines is 1. The van der Waals surface area contributed by atoms with Gasteiger partial charge in [0.15, 0.2) is 0 Å². The molecule has 15 heavy (non-hydrogen) atoms. The molecule has 0 saturated carbocycles. The fourth-order valence-corrected chi connectivity index (χ4v) is 1.84. The molecule has 2 rings (SSSR count). The van der Waals surface area contributed by atoms with Crippen molar-refractivity contribution in [1.29, 1.82) is 0 Å². The Bertz CT molecular complexity index is 469. The van der Waals surface area contributed by atoms with Crippen LogP contribution in [0.2, 0.25) is 0 Å². The number of aryl methyl sites for hydroxylation is 2. The summed E-state index contributed by atoms with van der Waals surface area (Å²) in [6.45, 7) is 4.81. The highest BCUT2D eigenvalue weighted by atomic mass is 14.7. The number of rotatable bonds is 2. The van der Waals surface area contributed by atoms with Crippen LogP contribution in [-0.4, -0.2) is 4.98 Å². The van der Waals surface area contributed by atoms with Gasteiger partial charge in [-0.1, -0.05) is 23.8 Å². The minimum absolute atomic E-state index is 0.576. The molecule has 0 radical (unpaired) electrons. The minimum Gasteiger partial charge on any atom is -0.367 e. The van der Waals surface area contributed by atoms with Gasteiger partial charge in [-0.05, 0) is 30.5 Å². The molecule has 0 unspecified atom stereocenters. The molecule has 0 saturated heterocycles. The molecule has 3 N–H and O–H groups in total. The molecule has 0 aliphatic rings. The molecule has 2 nitrogen and oxygen atoms in total. The topological polar surface area (TPSA) is 41.8 Å². The molecule has 0 fully saturated rings. The number of hydrogen-bond donors (Lipinski definition) is 2. The number of hydrogen-bond acceptors (Lipinski definition) is 1. The third-order valence-electron chi connectivity index (χ3n) is 2.73. The van der Waals surface area contributed by atoms with Gasteiger partial charge in [0.25, 0.3) is 0 Å². The van der Waals surface area contributed by atoms with Crippen molar-refractivity contribution in [2.45, 2.75) is 20.4 Å². The molecular formula is C13H16N2. The van der Waals surface area contributed by atoms with Crippen LogP contribution in [0, 0.1) is 13.8 Å². The largest absolute Gasteiger partial charge is 0.367 e. The van der Waals surface area contributed by atoms with E-state index in [1.807, 2.05) is 12.4 Å². The Kier molecular flexibility index (Phi) is 2.60. The maximum atomic E-state index is 5.70. The Morgan fingerprint density at radius 2 is 1.93 bits per heavy atom. The van der Waals surface area contributed by atoms with Crippen molar-refractivity contribution in [3.05, 3.63) is 47.3 Å². The SMILES string of the molecule is Cc1ccc(C)c(-c2c[nH]cc2CN)c1. The van der Waals surface area contributed by atoms with E-state index in [0.29, 0.717) is 6.54 Å². The first-order valence-electron chi connectivity index (χ1n) is 5.15. The lowest BCUT2D eigenvalue weighted by atomic mass is 9.98. The summed E-state index contributed by atoms with van der Waals surface area (Å²) in [5.41, 5.74) is 11.9. The van der Waals surface area contributed by atoms with Gasteiger partial charge in [-0.25, -0.2) is 0 Å².